The molecule has 0 fully saturated rings. The van der Waals surface area contributed by atoms with Crippen molar-refractivity contribution < 1.29 is 41.3 Å². The molecule has 0 aromatic carbocycles. The fourth-order valence-corrected chi connectivity index (χ4v) is 7.84. The summed E-state index contributed by atoms with van der Waals surface area (Å²) < 4.78 is 0. The molecule has 0 aromatic heterocycles. The van der Waals surface area contributed by atoms with Crippen LogP contribution in [-0.2, 0) is 16.5 Å². The van der Waals surface area contributed by atoms with E-state index >= 15 is 0 Å². The molecule has 0 saturated carbocycles. The molecule has 0 aliphatic rings. The molecule has 0 nitrogen and oxygen atoms in total. The van der Waals surface area contributed by atoms with E-state index in [9.17, 15) is 0 Å². The summed E-state index contributed by atoms with van der Waals surface area (Å²) in [5.74, 6) is 0. The van der Waals surface area contributed by atoms with Crippen molar-refractivity contribution in [1.29, 1.82) is 0 Å². The molecule has 5 heteroatoms. The topological polar surface area (TPSA) is 0 Å². The van der Waals surface area contributed by atoms with Crippen molar-refractivity contribution in [3.05, 3.63) is 23.3 Å². The Labute approximate surface area is 197 Å². The first kappa shape index (κ1) is 39.0. The standard InChI is InChI=1S/2C11H23P.2ClH.Ni/c2*1-9(2)7-8-12(10(3)4)11(5)6;;;/h2*7,10-11H,8H2,1-6H3;2*1H;/q;;;;+2/p-2. The van der Waals surface area contributed by atoms with Crippen LogP contribution < -0.4 is 24.8 Å². The van der Waals surface area contributed by atoms with Crippen LogP contribution in [-0.4, -0.2) is 35.0 Å². The van der Waals surface area contributed by atoms with E-state index < -0.39 is 0 Å². The van der Waals surface area contributed by atoms with E-state index in [1.807, 2.05) is 0 Å². The van der Waals surface area contributed by atoms with Crippen LogP contribution in [0.3, 0.4) is 0 Å². The minimum absolute atomic E-state index is 0. The molecule has 0 rings (SSSR count). The summed E-state index contributed by atoms with van der Waals surface area (Å²) in [7, 11) is 0.425. The molecule has 168 valence electrons. The van der Waals surface area contributed by atoms with Crippen LogP contribution in [0, 0.1) is 0 Å². The summed E-state index contributed by atoms with van der Waals surface area (Å²) in [4.78, 5) is 0. The third-order valence-electron chi connectivity index (χ3n) is 4.07. The maximum absolute atomic E-state index is 2.39. The molecular weight excluding hydrogens is 456 g/mol. The van der Waals surface area contributed by atoms with Crippen LogP contribution in [0.4, 0.5) is 0 Å². The first-order valence-corrected chi connectivity index (χ1v) is 13.0. The molecule has 0 saturated heterocycles. The van der Waals surface area contributed by atoms with Crippen molar-refractivity contribution in [2.45, 2.75) is 106 Å². The van der Waals surface area contributed by atoms with E-state index in [2.05, 4.69) is 95.2 Å². The zero-order chi connectivity index (χ0) is 19.4. The quantitative estimate of drug-likeness (QED) is 0.272. The van der Waals surface area contributed by atoms with Gasteiger partial charge in [-0.2, -0.15) is 0 Å². The smallest absolute Gasteiger partial charge is 1.00 e. The Morgan fingerprint density at radius 3 is 0.852 bits per heavy atom. The second kappa shape index (κ2) is 22.1. The van der Waals surface area contributed by atoms with Crippen LogP contribution >= 0.6 is 15.8 Å². The molecule has 0 spiro atoms. The van der Waals surface area contributed by atoms with Crippen LogP contribution in [0.2, 0.25) is 0 Å². The third-order valence-corrected chi connectivity index (χ3v) is 10.6. The number of allylic oxidation sites excluding steroid dienone is 4. The Balaban J connectivity index is -0.000000108. The Morgan fingerprint density at radius 2 is 0.741 bits per heavy atom. The van der Waals surface area contributed by atoms with Crippen LogP contribution in [0.5, 0.6) is 0 Å². The summed E-state index contributed by atoms with van der Waals surface area (Å²) in [6.45, 7) is 27.6. The van der Waals surface area contributed by atoms with Gasteiger partial charge in [-0.3, -0.25) is 0 Å². The van der Waals surface area contributed by atoms with Crippen molar-refractivity contribution in [2.24, 2.45) is 0 Å². The third kappa shape index (κ3) is 23.6. The normalized spacial score (nSPS) is 10.1. The summed E-state index contributed by atoms with van der Waals surface area (Å²) in [5, 5.41) is 0. The molecule has 0 aromatic rings. The van der Waals surface area contributed by atoms with Gasteiger partial charge in [0.05, 0.1) is 0 Å². The van der Waals surface area contributed by atoms with Gasteiger partial charge in [-0.05, 0) is 62.7 Å². The molecule has 0 bridgehead atoms. The summed E-state index contributed by atoms with van der Waals surface area (Å²) >= 11 is 0. The van der Waals surface area contributed by atoms with Gasteiger partial charge >= 0.3 is 16.5 Å². The fourth-order valence-electron chi connectivity index (χ4n) is 2.61. The molecule has 0 atom stereocenters. The second-order valence-corrected chi connectivity index (χ2v) is 15.2. The molecule has 0 aliphatic heterocycles. The number of hydrogen-bond acceptors (Lipinski definition) is 0. The van der Waals surface area contributed by atoms with Gasteiger partial charge in [-0.1, -0.05) is 94.5 Å². The zero-order valence-corrected chi connectivity index (χ0v) is 24.1. The molecule has 0 N–H and O–H groups in total. The Kier molecular flexibility index (Phi) is 31.9. The molecule has 0 radical (unpaired) electrons. The SMILES string of the molecule is CC(C)=CCP(C(C)C)C(C)C.CC(C)=CCP(C(C)C)C(C)C.[Cl-].[Cl-].[Ni+2]. The maximum atomic E-state index is 2.39. The molecular formula is C22H46Cl2NiP2. The predicted octanol–water partition coefficient (Wildman–Crippen LogP) is 2.51. The van der Waals surface area contributed by atoms with E-state index in [0.717, 1.165) is 22.6 Å². The molecule has 0 heterocycles. The van der Waals surface area contributed by atoms with Crippen LogP contribution in [0.15, 0.2) is 23.3 Å². The van der Waals surface area contributed by atoms with E-state index in [1.54, 1.807) is 0 Å². The van der Waals surface area contributed by atoms with E-state index in [4.69, 9.17) is 0 Å². The minimum Gasteiger partial charge on any atom is -1.00 e. The average Bonchev–Trinajstić information content (AvgIpc) is 2.37. The average molecular weight is 502 g/mol. The monoisotopic (exact) mass is 500 g/mol. The van der Waals surface area contributed by atoms with Gasteiger partial charge in [0, 0.05) is 0 Å². The Bertz CT molecular complexity index is 319. The fraction of sp³-hybridized carbons (Fsp3) is 0.818. The van der Waals surface area contributed by atoms with Crippen molar-refractivity contribution in [2.75, 3.05) is 12.3 Å². The zero-order valence-electron chi connectivity index (χ0n) is 19.8. The maximum Gasteiger partial charge on any atom is 2.00 e. The molecule has 0 aliphatic carbocycles. The first-order valence-electron chi connectivity index (χ1n) is 9.68. The van der Waals surface area contributed by atoms with Crippen molar-refractivity contribution >= 4 is 15.8 Å². The number of hydrogen-bond donors (Lipinski definition) is 0. The predicted molar refractivity (Wildman–Crippen MR) is 123 cm³/mol. The van der Waals surface area contributed by atoms with Gasteiger partial charge in [0.1, 0.15) is 0 Å². The van der Waals surface area contributed by atoms with Gasteiger partial charge in [0.2, 0.25) is 0 Å². The van der Waals surface area contributed by atoms with Gasteiger partial charge < -0.3 is 24.8 Å². The Morgan fingerprint density at radius 1 is 0.556 bits per heavy atom. The van der Waals surface area contributed by atoms with E-state index in [0.29, 0.717) is 0 Å². The molecule has 0 amide bonds. The number of halogens is 2. The second-order valence-electron chi connectivity index (χ2n) is 8.33. The number of rotatable bonds is 8. The summed E-state index contributed by atoms with van der Waals surface area (Å²) in [5.41, 5.74) is 6.41. The summed E-state index contributed by atoms with van der Waals surface area (Å²) in [6, 6.07) is 0. The van der Waals surface area contributed by atoms with Crippen molar-refractivity contribution in [1.82, 2.24) is 0 Å². The van der Waals surface area contributed by atoms with Gasteiger partial charge in [-0.25, -0.2) is 0 Å². The first-order chi connectivity index (χ1) is 10.9. The van der Waals surface area contributed by atoms with Crippen molar-refractivity contribution in [3.8, 4) is 0 Å². The molecule has 27 heavy (non-hydrogen) atoms. The van der Waals surface area contributed by atoms with Crippen LogP contribution in [0.1, 0.15) is 83.1 Å². The van der Waals surface area contributed by atoms with E-state index in [1.165, 1.54) is 23.5 Å². The van der Waals surface area contributed by atoms with Gasteiger partial charge in [0.15, 0.2) is 0 Å². The molecule has 0 unspecified atom stereocenters. The minimum atomic E-state index is 0. The van der Waals surface area contributed by atoms with Crippen molar-refractivity contribution in [3.63, 3.8) is 0 Å². The summed E-state index contributed by atoms with van der Waals surface area (Å²) in [6.07, 6.45) is 7.41. The van der Waals surface area contributed by atoms with Gasteiger partial charge in [0.25, 0.3) is 0 Å². The Hall–Kier alpha value is 1.41. The van der Waals surface area contributed by atoms with E-state index in [-0.39, 0.29) is 57.1 Å². The largest absolute Gasteiger partial charge is 2.00 e. The van der Waals surface area contributed by atoms with Crippen LogP contribution in [0.25, 0.3) is 0 Å². The van der Waals surface area contributed by atoms with Gasteiger partial charge in [-0.15, -0.1) is 0 Å².